The van der Waals surface area contributed by atoms with Gasteiger partial charge in [-0.2, -0.15) is 0 Å². The van der Waals surface area contributed by atoms with E-state index in [1.165, 1.54) is 33.5 Å². The Bertz CT molecular complexity index is 603. The second-order valence-electron chi connectivity index (χ2n) is 4.71. The van der Waals surface area contributed by atoms with Crippen molar-refractivity contribution in [2.75, 3.05) is 21.3 Å². The lowest BCUT2D eigenvalue weighted by Gasteiger charge is -2.16. The van der Waals surface area contributed by atoms with Crippen molar-refractivity contribution < 1.29 is 38.8 Å². The molecule has 9 heteroatoms. The summed E-state index contributed by atoms with van der Waals surface area (Å²) in [7, 11) is 4.17. The van der Waals surface area contributed by atoms with Gasteiger partial charge in [-0.15, -0.1) is 0 Å². The highest BCUT2D eigenvalue weighted by Crippen LogP contribution is 2.38. The van der Waals surface area contributed by atoms with E-state index in [1.54, 1.807) is 0 Å². The number of benzene rings is 1. The molecule has 0 aromatic heterocycles. The van der Waals surface area contributed by atoms with Gasteiger partial charge in [-0.25, -0.2) is 4.79 Å². The van der Waals surface area contributed by atoms with Crippen LogP contribution in [0.4, 0.5) is 0 Å². The number of carboxylic acid groups (broad SMARTS) is 2. The molecule has 24 heavy (non-hydrogen) atoms. The second kappa shape index (κ2) is 8.61. The monoisotopic (exact) mass is 341 g/mol. The van der Waals surface area contributed by atoms with Crippen LogP contribution >= 0.6 is 0 Å². The van der Waals surface area contributed by atoms with Crippen LogP contribution in [0.5, 0.6) is 17.2 Å². The highest BCUT2D eigenvalue weighted by Gasteiger charge is 2.23. The van der Waals surface area contributed by atoms with E-state index in [-0.39, 0.29) is 35.7 Å². The molecule has 0 radical (unpaired) electrons. The van der Waals surface area contributed by atoms with Crippen LogP contribution in [0.1, 0.15) is 23.2 Å². The maximum absolute atomic E-state index is 12.3. The van der Waals surface area contributed by atoms with Crippen LogP contribution in [0, 0.1) is 0 Å². The van der Waals surface area contributed by atoms with E-state index in [1.807, 2.05) is 0 Å². The molecule has 0 bridgehead atoms. The summed E-state index contributed by atoms with van der Waals surface area (Å²) in [4.78, 5) is 34.0. The third-order valence-electron chi connectivity index (χ3n) is 3.18. The van der Waals surface area contributed by atoms with E-state index in [2.05, 4.69) is 5.32 Å². The quantitative estimate of drug-likeness (QED) is 0.600. The number of hydrogen-bond acceptors (Lipinski definition) is 6. The van der Waals surface area contributed by atoms with Gasteiger partial charge in [0.15, 0.2) is 11.5 Å². The number of methoxy groups -OCH3 is 3. The highest BCUT2D eigenvalue weighted by molar-refractivity contribution is 5.97. The number of hydrogen-bond donors (Lipinski definition) is 3. The molecule has 132 valence electrons. The Morgan fingerprint density at radius 3 is 1.96 bits per heavy atom. The smallest absolute Gasteiger partial charge is 0.326 e. The minimum absolute atomic E-state index is 0.0890. The zero-order chi connectivity index (χ0) is 18.3. The lowest BCUT2D eigenvalue weighted by Crippen LogP contribution is -2.41. The molecule has 0 aliphatic heterocycles. The van der Waals surface area contributed by atoms with Crippen LogP contribution in [0.3, 0.4) is 0 Å². The number of rotatable bonds is 9. The third kappa shape index (κ3) is 4.77. The van der Waals surface area contributed by atoms with Gasteiger partial charge in [0.2, 0.25) is 5.75 Å². The standard InChI is InChI=1S/C15H19NO8/c1-22-10-6-8(7-11(23-2)13(10)24-3)14(19)16-9(15(20)21)4-5-12(17)18/h6-7,9H,4-5H2,1-3H3,(H,16,19)(H,17,18)(H,20,21)/t9-/m0/s1. The molecule has 0 aliphatic rings. The fourth-order valence-electron chi connectivity index (χ4n) is 1.98. The molecule has 0 saturated carbocycles. The molecule has 3 N–H and O–H groups in total. The summed E-state index contributed by atoms with van der Waals surface area (Å²) >= 11 is 0. The molecule has 0 aliphatic carbocycles. The normalized spacial score (nSPS) is 11.3. The van der Waals surface area contributed by atoms with Crippen molar-refractivity contribution in [3.63, 3.8) is 0 Å². The Kier molecular flexibility index (Phi) is 6.84. The van der Waals surface area contributed by atoms with Crippen LogP contribution in [0.15, 0.2) is 12.1 Å². The van der Waals surface area contributed by atoms with Gasteiger partial charge in [0.25, 0.3) is 5.91 Å². The summed E-state index contributed by atoms with van der Waals surface area (Å²) in [6.45, 7) is 0. The Morgan fingerprint density at radius 2 is 1.58 bits per heavy atom. The molecule has 1 aromatic carbocycles. The first-order valence-electron chi connectivity index (χ1n) is 6.89. The average molecular weight is 341 g/mol. The number of carbonyl (C=O) groups excluding carboxylic acids is 1. The van der Waals surface area contributed by atoms with Gasteiger partial charge in [0.05, 0.1) is 21.3 Å². The van der Waals surface area contributed by atoms with Crippen LogP contribution in [0.2, 0.25) is 0 Å². The third-order valence-corrected chi connectivity index (χ3v) is 3.18. The van der Waals surface area contributed by atoms with Gasteiger partial charge in [0, 0.05) is 12.0 Å². The first-order valence-corrected chi connectivity index (χ1v) is 6.89. The van der Waals surface area contributed by atoms with Crippen molar-refractivity contribution in [2.24, 2.45) is 0 Å². The van der Waals surface area contributed by atoms with Gasteiger partial charge in [0.1, 0.15) is 6.04 Å². The fraction of sp³-hybridized carbons (Fsp3) is 0.400. The molecule has 0 unspecified atom stereocenters. The number of ether oxygens (including phenoxy) is 3. The molecule has 1 rings (SSSR count). The van der Waals surface area contributed by atoms with Crippen molar-refractivity contribution in [1.82, 2.24) is 5.32 Å². The number of nitrogens with one attached hydrogen (secondary N) is 1. The summed E-state index contributed by atoms with van der Waals surface area (Å²) in [6.07, 6.45) is -0.618. The molecule has 1 amide bonds. The van der Waals surface area contributed by atoms with Crippen molar-refractivity contribution in [1.29, 1.82) is 0 Å². The number of carbonyl (C=O) groups is 3. The molecule has 0 fully saturated rings. The summed E-state index contributed by atoms with van der Waals surface area (Å²) in [6, 6.07) is 1.41. The topological polar surface area (TPSA) is 131 Å². The zero-order valence-corrected chi connectivity index (χ0v) is 13.5. The Labute approximate surface area is 138 Å². The molecular weight excluding hydrogens is 322 g/mol. The van der Waals surface area contributed by atoms with Gasteiger partial charge in [-0.1, -0.05) is 0 Å². The van der Waals surface area contributed by atoms with Crippen LogP contribution in [-0.4, -0.2) is 55.4 Å². The van der Waals surface area contributed by atoms with Crippen molar-refractivity contribution in [3.05, 3.63) is 17.7 Å². The lowest BCUT2D eigenvalue weighted by molar-refractivity contribution is -0.140. The summed E-state index contributed by atoms with van der Waals surface area (Å²) in [5, 5.41) is 20.0. The van der Waals surface area contributed by atoms with Crippen molar-refractivity contribution in [2.45, 2.75) is 18.9 Å². The van der Waals surface area contributed by atoms with Crippen LogP contribution < -0.4 is 19.5 Å². The second-order valence-corrected chi connectivity index (χ2v) is 4.71. The van der Waals surface area contributed by atoms with E-state index in [4.69, 9.17) is 24.4 Å². The summed E-state index contributed by atoms with van der Waals surface area (Å²) < 4.78 is 15.4. The van der Waals surface area contributed by atoms with Gasteiger partial charge in [-0.3, -0.25) is 9.59 Å². The van der Waals surface area contributed by atoms with Gasteiger partial charge < -0.3 is 29.7 Å². The fourth-order valence-corrected chi connectivity index (χ4v) is 1.98. The maximum Gasteiger partial charge on any atom is 0.326 e. The number of amides is 1. The molecule has 1 atom stereocenters. The average Bonchev–Trinajstić information content (AvgIpc) is 2.56. The minimum atomic E-state index is -1.33. The van der Waals surface area contributed by atoms with Gasteiger partial charge in [-0.05, 0) is 18.6 Å². The Morgan fingerprint density at radius 1 is 1.04 bits per heavy atom. The Hall–Kier alpha value is -2.97. The van der Waals surface area contributed by atoms with E-state index < -0.39 is 23.9 Å². The van der Waals surface area contributed by atoms with E-state index in [0.717, 1.165) is 0 Å². The molecular formula is C15H19NO8. The van der Waals surface area contributed by atoms with Crippen molar-refractivity contribution >= 4 is 17.8 Å². The van der Waals surface area contributed by atoms with E-state index in [0.29, 0.717) is 0 Å². The largest absolute Gasteiger partial charge is 0.493 e. The first-order chi connectivity index (χ1) is 11.3. The summed E-state index contributed by atoms with van der Waals surface area (Å²) in [5.41, 5.74) is 0.0890. The lowest BCUT2D eigenvalue weighted by atomic mass is 10.1. The Balaban J connectivity index is 3.04. The van der Waals surface area contributed by atoms with Gasteiger partial charge >= 0.3 is 11.9 Å². The maximum atomic E-state index is 12.3. The molecule has 1 aromatic rings. The molecule has 9 nitrogen and oxygen atoms in total. The number of carboxylic acids is 2. The van der Waals surface area contributed by atoms with Crippen molar-refractivity contribution in [3.8, 4) is 17.2 Å². The summed E-state index contributed by atoms with van der Waals surface area (Å²) in [5.74, 6) is -2.41. The van der Waals surface area contributed by atoms with Crippen LogP contribution in [-0.2, 0) is 9.59 Å². The first kappa shape index (κ1) is 19.1. The SMILES string of the molecule is COc1cc(C(=O)N[C@@H](CCC(=O)O)C(=O)O)cc(OC)c1OC. The number of aliphatic carboxylic acids is 2. The highest BCUT2D eigenvalue weighted by atomic mass is 16.5. The molecule has 0 heterocycles. The molecule has 0 spiro atoms. The molecule has 0 saturated heterocycles. The minimum Gasteiger partial charge on any atom is -0.493 e. The predicted octanol–water partition coefficient (Wildman–Crippen LogP) is 0.760. The van der Waals surface area contributed by atoms with E-state index in [9.17, 15) is 14.4 Å². The van der Waals surface area contributed by atoms with E-state index >= 15 is 0 Å². The zero-order valence-electron chi connectivity index (χ0n) is 13.5. The van der Waals surface area contributed by atoms with Crippen LogP contribution in [0.25, 0.3) is 0 Å². The predicted molar refractivity (Wildman–Crippen MR) is 81.9 cm³/mol.